The lowest BCUT2D eigenvalue weighted by atomic mass is 10.0. The van der Waals surface area contributed by atoms with Crippen LogP contribution < -0.4 is 4.90 Å². The molecular formula is C29H27F3N2O3S. The van der Waals surface area contributed by atoms with Crippen LogP contribution >= 0.6 is 0 Å². The summed E-state index contributed by atoms with van der Waals surface area (Å²) < 4.78 is 66.2. The average molecular weight is 541 g/mol. The topological polar surface area (TPSA) is 59.4 Å². The number of anilines is 1. The second kappa shape index (κ2) is 10.1. The molecule has 0 aliphatic rings. The molecule has 0 fully saturated rings. The Bertz CT molecular complexity index is 1590. The molecule has 0 aliphatic heterocycles. The molecule has 0 saturated heterocycles. The van der Waals surface area contributed by atoms with Gasteiger partial charge in [-0.25, -0.2) is 8.42 Å². The van der Waals surface area contributed by atoms with Gasteiger partial charge in [0, 0.05) is 30.6 Å². The van der Waals surface area contributed by atoms with Crippen molar-refractivity contribution in [2.24, 2.45) is 0 Å². The fourth-order valence-corrected chi connectivity index (χ4v) is 5.08. The van der Waals surface area contributed by atoms with Crippen LogP contribution in [0.5, 0.6) is 0 Å². The Morgan fingerprint density at radius 1 is 0.921 bits per heavy atom. The third-order valence-electron chi connectivity index (χ3n) is 6.36. The summed E-state index contributed by atoms with van der Waals surface area (Å²) in [5, 5.41) is 0. The maximum absolute atomic E-state index is 13.2. The van der Waals surface area contributed by atoms with Gasteiger partial charge in [0.25, 0.3) is 0 Å². The van der Waals surface area contributed by atoms with Gasteiger partial charge in [0.15, 0.2) is 9.84 Å². The van der Waals surface area contributed by atoms with Gasteiger partial charge < -0.3 is 9.47 Å². The van der Waals surface area contributed by atoms with E-state index in [1.54, 1.807) is 27.8 Å². The van der Waals surface area contributed by atoms with Gasteiger partial charge in [-0.3, -0.25) is 4.79 Å². The monoisotopic (exact) mass is 540 g/mol. The van der Waals surface area contributed by atoms with Gasteiger partial charge in [-0.1, -0.05) is 36.4 Å². The number of halogens is 3. The highest BCUT2D eigenvalue weighted by atomic mass is 32.2. The van der Waals surface area contributed by atoms with Crippen LogP contribution in [0.25, 0.3) is 16.9 Å². The van der Waals surface area contributed by atoms with Crippen LogP contribution in [0, 0.1) is 13.8 Å². The second-order valence-corrected chi connectivity index (χ2v) is 11.3. The summed E-state index contributed by atoms with van der Waals surface area (Å²) in [6, 6.07) is 18.9. The van der Waals surface area contributed by atoms with E-state index >= 15 is 0 Å². The van der Waals surface area contributed by atoms with Crippen molar-refractivity contribution in [3.63, 3.8) is 0 Å². The number of hydrogen-bond acceptors (Lipinski definition) is 3. The smallest absolute Gasteiger partial charge is 0.314 e. The predicted molar refractivity (Wildman–Crippen MR) is 142 cm³/mol. The van der Waals surface area contributed by atoms with Gasteiger partial charge in [-0.15, -0.1) is 0 Å². The molecule has 1 aromatic heterocycles. The predicted octanol–water partition coefficient (Wildman–Crippen LogP) is 6.74. The van der Waals surface area contributed by atoms with Gasteiger partial charge in [0.2, 0.25) is 5.91 Å². The van der Waals surface area contributed by atoms with Gasteiger partial charge in [-0.2, -0.15) is 13.2 Å². The zero-order chi connectivity index (χ0) is 27.8. The molecule has 4 rings (SSSR count). The van der Waals surface area contributed by atoms with Gasteiger partial charge >= 0.3 is 6.18 Å². The molecule has 38 heavy (non-hydrogen) atoms. The Morgan fingerprint density at radius 2 is 1.55 bits per heavy atom. The number of hydrogen-bond donors (Lipinski definition) is 0. The molecule has 0 saturated carbocycles. The largest absolute Gasteiger partial charge is 0.416 e. The zero-order valence-corrected chi connectivity index (χ0v) is 22.2. The van der Waals surface area contributed by atoms with Crippen LogP contribution in [0.2, 0.25) is 0 Å². The highest BCUT2D eigenvalue weighted by Gasteiger charge is 2.31. The minimum Gasteiger partial charge on any atom is -0.314 e. The lowest BCUT2D eigenvalue weighted by Gasteiger charge is -2.25. The van der Waals surface area contributed by atoms with Crippen LogP contribution in [0.15, 0.2) is 83.9 Å². The highest BCUT2D eigenvalue weighted by molar-refractivity contribution is 7.90. The van der Waals surface area contributed by atoms with E-state index in [0.717, 1.165) is 29.5 Å². The lowest BCUT2D eigenvalue weighted by molar-refractivity contribution is -0.137. The van der Waals surface area contributed by atoms with Crippen LogP contribution in [0.3, 0.4) is 0 Å². The van der Waals surface area contributed by atoms with Crippen molar-refractivity contribution in [1.29, 1.82) is 0 Å². The molecule has 5 nitrogen and oxygen atoms in total. The van der Waals surface area contributed by atoms with Crippen molar-refractivity contribution in [2.75, 3.05) is 11.2 Å². The van der Waals surface area contributed by atoms with E-state index in [9.17, 15) is 26.4 Å². The summed E-state index contributed by atoms with van der Waals surface area (Å²) in [6.45, 7) is 5.34. The number of alkyl halides is 3. The number of rotatable bonds is 6. The molecule has 1 amide bonds. The second-order valence-electron chi connectivity index (χ2n) is 9.26. The van der Waals surface area contributed by atoms with E-state index in [-0.39, 0.29) is 17.3 Å². The molecule has 9 heteroatoms. The number of carbonyl (C=O) groups excluding carboxylic acids is 1. The standard InChI is InChI=1S/C29H27F3N2O3S/c1-19-10-15-25(38(4,36)37)16-26(19)28-27(33(21(3)35)18-22-8-6-5-7-9-22)20(2)17-34(28)24-13-11-23(12-14-24)29(30,31)32/h5-17H,18H2,1-4H3. The van der Waals surface area contributed by atoms with Crippen molar-refractivity contribution >= 4 is 21.4 Å². The first-order valence-corrected chi connectivity index (χ1v) is 13.7. The Balaban J connectivity index is 2.01. The van der Waals surface area contributed by atoms with Gasteiger partial charge in [-0.05, 0) is 66.9 Å². The lowest BCUT2D eigenvalue weighted by Crippen LogP contribution is -2.28. The van der Waals surface area contributed by atoms with E-state index in [1.807, 2.05) is 44.2 Å². The molecule has 198 valence electrons. The van der Waals surface area contributed by atoms with E-state index in [1.165, 1.54) is 25.1 Å². The Morgan fingerprint density at radius 3 is 2.11 bits per heavy atom. The molecule has 0 aliphatic carbocycles. The molecule has 0 bridgehead atoms. The van der Waals surface area contributed by atoms with E-state index in [4.69, 9.17) is 0 Å². The number of sulfone groups is 1. The number of amides is 1. The van der Waals surface area contributed by atoms with Crippen LogP contribution in [0.1, 0.15) is 29.2 Å². The summed E-state index contributed by atoms with van der Waals surface area (Å²) in [4.78, 5) is 14.7. The fourth-order valence-electron chi connectivity index (χ4n) is 4.43. The summed E-state index contributed by atoms with van der Waals surface area (Å²) in [7, 11) is -3.56. The molecule has 1 heterocycles. The zero-order valence-electron chi connectivity index (χ0n) is 21.4. The van der Waals surface area contributed by atoms with E-state index < -0.39 is 21.6 Å². The van der Waals surface area contributed by atoms with Crippen molar-refractivity contribution in [2.45, 2.75) is 38.4 Å². The number of carbonyl (C=O) groups is 1. The van der Waals surface area contributed by atoms with Crippen molar-refractivity contribution in [1.82, 2.24) is 4.57 Å². The van der Waals surface area contributed by atoms with E-state index in [0.29, 0.717) is 28.2 Å². The van der Waals surface area contributed by atoms with Crippen LogP contribution in [-0.2, 0) is 27.4 Å². The third kappa shape index (κ3) is 5.52. The minimum absolute atomic E-state index is 0.0966. The minimum atomic E-state index is -4.49. The quantitative estimate of drug-likeness (QED) is 0.272. The maximum Gasteiger partial charge on any atom is 0.416 e. The summed E-state index contributed by atoms with van der Waals surface area (Å²) in [5.74, 6) is -0.236. The molecular weight excluding hydrogens is 513 g/mol. The summed E-state index contributed by atoms with van der Waals surface area (Å²) >= 11 is 0. The fraction of sp³-hybridized carbons (Fsp3) is 0.207. The Kier molecular flexibility index (Phi) is 7.25. The van der Waals surface area contributed by atoms with Crippen molar-refractivity contribution in [3.8, 4) is 16.9 Å². The molecule has 0 atom stereocenters. The third-order valence-corrected chi connectivity index (χ3v) is 7.47. The van der Waals surface area contributed by atoms with Crippen LogP contribution in [0.4, 0.5) is 18.9 Å². The number of benzene rings is 3. The van der Waals surface area contributed by atoms with Crippen molar-refractivity contribution in [3.05, 3.63) is 101 Å². The first kappa shape index (κ1) is 27.2. The molecule has 0 spiro atoms. The SMILES string of the molecule is CC(=O)N(Cc1ccccc1)c1c(C)cn(-c2ccc(C(F)(F)F)cc2)c1-c1cc(S(C)(=O)=O)ccc1C. The average Bonchev–Trinajstić information content (AvgIpc) is 3.18. The molecule has 4 aromatic rings. The summed E-state index contributed by atoms with van der Waals surface area (Å²) in [6.07, 6.45) is -1.62. The van der Waals surface area contributed by atoms with Gasteiger partial charge in [0.05, 0.1) is 28.4 Å². The summed E-state index contributed by atoms with van der Waals surface area (Å²) in [5.41, 5.74) is 3.60. The molecule has 0 N–H and O–H groups in total. The number of nitrogens with zero attached hydrogens (tertiary/aromatic N) is 2. The Labute approximate surface area is 220 Å². The number of aryl methyl sites for hydroxylation is 2. The highest BCUT2D eigenvalue weighted by Crippen LogP contribution is 2.41. The Hall–Kier alpha value is -3.85. The molecule has 0 radical (unpaired) electrons. The normalized spacial score (nSPS) is 12.0. The first-order valence-electron chi connectivity index (χ1n) is 11.8. The molecule has 0 unspecified atom stereocenters. The van der Waals surface area contributed by atoms with Crippen LogP contribution in [-0.4, -0.2) is 25.1 Å². The van der Waals surface area contributed by atoms with Gasteiger partial charge in [0.1, 0.15) is 0 Å². The van der Waals surface area contributed by atoms with Crippen molar-refractivity contribution < 1.29 is 26.4 Å². The maximum atomic E-state index is 13.2. The number of aromatic nitrogens is 1. The van der Waals surface area contributed by atoms with E-state index in [2.05, 4.69) is 0 Å². The first-order chi connectivity index (χ1) is 17.8. The molecule has 3 aromatic carbocycles.